The standard InChI is InChI=1S/C24H50/c1-4-7-10-12-13-14-15-17-20-23-24(21-18-9-6-3)22-19-16-11-8-5-2/h24H,4-23H2,1-3H3. The quantitative estimate of drug-likeness (QED) is 0.194. The molecule has 0 aliphatic carbocycles. The number of unbranched alkanes of at least 4 members (excludes halogenated alkanes) is 14. The van der Waals surface area contributed by atoms with Crippen LogP contribution in [0.5, 0.6) is 0 Å². The van der Waals surface area contributed by atoms with Gasteiger partial charge in [-0.25, -0.2) is 0 Å². The van der Waals surface area contributed by atoms with Crippen LogP contribution in [0.1, 0.15) is 149 Å². The Bertz CT molecular complexity index is 208. The van der Waals surface area contributed by atoms with E-state index in [1.807, 2.05) is 0 Å². The summed E-state index contributed by atoms with van der Waals surface area (Å²) in [6.45, 7) is 6.96. The molecular formula is C24H50. The average molecular weight is 339 g/mol. The molecule has 0 heterocycles. The first kappa shape index (κ1) is 24.0. The summed E-state index contributed by atoms with van der Waals surface area (Å²) in [5.74, 6) is 1.04. The molecule has 0 bridgehead atoms. The summed E-state index contributed by atoms with van der Waals surface area (Å²) >= 11 is 0. The average Bonchev–Trinajstić information content (AvgIpc) is 2.59. The highest BCUT2D eigenvalue weighted by Gasteiger charge is 2.08. The lowest BCUT2D eigenvalue weighted by atomic mass is 9.89. The van der Waals surface area contributed by atoms with Crippen molar-refractivity contribution in [2.45, 2.75) is 149 Å². The van der Waals surface area contributed by atoms with E-state index < -0.39 is 0 Å². The molecule has 0 nitrogen and oxygen atoms in total. The molecule has 0 rings (SSSR count). The van der Waals surface area contributed by atoms with Gasteiger partial charge in [0.15, 0.2) is 0 Å². The van der Waals surface area contributed by atoms with Crippen LogP contribution in [-0.4, -0.2) is 0 Å². The minimum atomic E-state index is 1.04. The van der Waals surface area contributed by atoms with Crippen LogP contribution in [0.2, 0.25) is 0 Å². The Kier molecular flexibility index (Phi) is 21.0. The third-order valence-corrected chi connectivity index (χ3v) is 5.65. The van der Waals surface area contributed by atoms with Gasteiger partial charge in [-0.15, -0.1) is 0 Å². The van der Waals surface area contributed by atoms with Crippen molar-refractivity contribution in [2.24, 2.45) is 5.92 Å². The lowest BCUT2D eigenvalue weighted by Gasteiger charge is -2.17. The van der Waals surface area contributed by atoms with Gasteiger partial charge in [0.05, 0.1) is 0 Å². The maximum atomic E-state index is 2.33. The molecule has 0 aromatic heterocycles. The van der Waals surface area contributed by atoms with Crippen molar-refractivity contribution in [1.82, 2.24) is 0 Å². The third kappa shape index (κ3) is 18.3. The molecule has 0 aromatic carbocycles. The minimum Gasteiger partial charge on any atom is -0.0654 e. The zero-order chi connectivity index (χ0) is 17.7. The molecule has 24 heavy (non-hydrogen) atoms. The van der Waals surface area contributed by atoms with Gasteiger partial charge >= 0.3 is 0 Å². The summed E-state index contributed by atoms with van der Waals surface area (Å²) in [5.41, 5.74) is 0. The summed E-state index contributed by atoms with van der Waals surface area (Å²) in [6.07, 6.45) is 29.3. The fourth-order valence-corrected chi connectivity index (χ4v) is 3.90. The first-order valence-electron chi connectivity index (χ1n) is 11.8. The van der Waals surface area contributed by atoms with E-state index in [9.17, 15) is 0 Å². The van der Waals surface area contributed by atoms with Crippen LogP contribution in [-0.2, 0) is 0 Å². The minimum absolute atomic E-state index is 1.04. The van der Waals surface area contributed by atoms with E-state index in [1.165, 1.54) is 128 Å². The zero-order valence-corrected chi connectivity index (χ0v) is 17.7. The van der Waals surface area contributed by atoms with Gasteiger partial charge in [0.2, 0.25) is 0 Å². The number of hydrogen-bond donors (Lipinski definition) is 0. The first-order chi connectivity index (χ1) is 11.8. The van der Waals surface area contributed by atoms with Crippen molar-refractivity contribution in [2.75, 3.05) is 0 Å². The van der Waals surface area contributed by atoms with Crippen molar-refractivity contribution >= 4 is 0 Å². The molecule has 0 saturated carbocycles. The number of rotatable bonds is 20. The molecule has 1 unspecified atom stereocenters. The topological polar surface area (TPSA) is 0 Å². The van der Waals surface area contributed by atoms with E-state index in [2.05, 4.69) is 20.8 Å². The molecular weight excluding hydrogens is 288 g/mol. The third-order valence-electron chi connectivity index (χ3n) is 5.65. The SMILES string of the molecule is CCCCCCCCCCCC(CCCCC)CCCCCCC. The van der Waals surface area contributed by atoms with Gasteiger partial charge in [-0.05, 0) is 5.92 Å². The lowest BCUT2D eigenvalue weighted by Crippen LogP contribution is -2.01. The highest BCUT2D eigenvalue weighted by molar-refractivity contribution is 4.61. The smallest absolute Gasteiger partial charge is 0.0414 e. The van der Waals surface area contributed by atoms with Crippen LogP contribution in [0.15, 0.2) is 0 Å². The van der Waals surface area contributed by atoms with Crippen LogP contribution in [0, 0.1) is 5.92 Å². The normalized spacial score (nSPS) is 12.6. The van der Waals surface area contributed by atoms with Crippen LogP contribution < -0.4 is 0 Å². The summed E-state index contributed by atoms with van der Waals surface area (Å²) in [7, 11) is 0. The Morgan fingerprint density at radius 1 is 0.333 bits per heavy atom. The molecule has 0 fully saturated rings. The van der Waals surface area contributed by atoms with Crippen LogP contribution in [0.4, 0.5) is 0 Å². The number of hydrogen-bond acceptors (Lipinski definition) is 0. The van der Waals surface area contributed by atoms with E-state index in [0.29, 0.717) is 0 Å². The van der Waals surface area contributed by atoms with Crippen molar-refractivity contribution in [1.29, 1.82) is 0 Å². The Labute approximate surface area is 155 Å². The summed E-state index contributed by atoms with van der Waals surface area (Å²) in [5, 5.41) is 0. The molecule has 0 saturated heterocycles. The largest absolute Gasteiger partial charge is 0.0654 e. The summed E-state index contributed by atoms with van der Waals surface area (Å²) < 4.78 is 0. The Hall–Kier alpha value is 0. The van der Waals surface area contributed by atoms with Gasteiger partial charge in [0.25, 0.3) is 0 Å². The van der Waals surface area contributed by atoms with E-state index in [1.54, 1.807) is 0 Å². The van der Waals surface area contributed by atoms with Crippen molar-refractivity contribution in [3.63, 3.8) is 0 Å². The molecule has 0 heteroatoms. The molecule has 0 aromatic rings. The highest BCUT2D eigenvalue weighted by atomic mass is 14.1. The van der Waals surface area contributed by atoms with Gasteiger partial charge in [0.1, 0.15) is 0 Å². The fraction of sp³-hybridized carbons (Fsp3) is 1.00. The molecule has 0 spiro atoms. The lowest BCUT2D eigenvalue weighted by molar-refractivity contribution is 0.368. The van der Waals surface area contributed by atoms with E-state index in [0.717, 1.165) is 5.92 Å². The van der Waals surface area contributed by atoms with Gasteiger partial charge in [0, 0.05) is 0 Å². The zero-order valence-electron chi connectivity index (χ0n) is 17.7. The van der Waals surface area contributed by atoms with Gasteiger partial charge < -0.3 is 0 Å². The Balaban J connectivity index is 3.59. The van der Waals surface area contributed by atoms with Crippen molar-refractivity contribution < 1.29 is 0 Å². The van der Waals surface area contributed by atoms with Crippen LogP contribution >= 0.6 is 0 Å². The maximum absolute atomic E-state index is 2.33. The van der Waals surface area contributed by atoms with Gasteiger partial charge in [-0.2, -0.15) is 0 Å². The molecule has 0 aliphatic heterocycles. The maximum Gasteiger partial charge on any atom is -0.0414 e. The fourth-order valence-electron chi connectivity index (χ4n) is 3.90. The van der Waals surface area contributed by atoms with Gasteiger partial charge in [-0.3, -0.25) is 0 Å². The molecule has 0 N–H and O–H groups in total. The molecule has 146 valence electrons. The second kappa shape index (κ2) is 21.0. The first-order valence-corrected chi connectivity index (χ1v) is 11.8. The summed E-state index contributed by atoms with van der Waals surface area (Å²) in [6, 6.07) is 0. The second-order valence-electron chi connectivity index (χ2n) is 8.18. The second-order valence-corrected chi connectivity index (χ2v) is 8.18. The van der Waals surface area contributed by atoms with Crippen LogP contribution in [0.25, 0.3) is 0 Å². The summed E-state index contributed by atoms with van der Waals surface area (Å²) in [4.78, 5) is 0. The monoisotopic (exact) mass is 338 g/mol. The van der Waals surface area contributed by atoms with Crippen molar-refractivity contribution in [3.8, 4) is 0 Å². The van der Waals surface area contributed by atoms with E-state index in [4.69, 9.17) is 0 Å². The predicted octanol–water partition coefficient (Wildman–Crippen LogP) is 9.46. The van der Waals surface area contributed by atoms with Crippen molar-refractivity contribution in [3.05, 3.63) is 0 Å². The molecule has 0 radical (unpaired) electrons. The van der Waals surface area contributed by atoms with Crippen LogP contribution in [0.3, 0.4) is 0 Å². The van der Waals surface area contributed by atoms with E-state index in [-0.39, 0.29) is 0 Å². The molecule has 0 amide bonds. The van der Waals surface area contributed by atoms with E-state index >= 15 is 0 Å². The Morgan fingerprint density at radius 2 is 0.583 bits per heavy atom. The van der Waals surface area contributed by atoms with Gasteiger partial charge in [-0.1, -0.05) is 149 Å². The molecule has 0 aliphatic rings. The molecule has 1 atom stereocenters. The predicted molar refractivity (Wildman–Crippen MR) is 113 cm³/mol. The Morgan fingerprint density at radius 3 is 0.958 bits per heavy atom. The highest BCUT2D eigenvalue weighted by Crippen LogP contribution is 2.24.